The van der Waals surface area contributed by atoms with Gasteiger partial charge in [0, 0.05) is 11.8 Å². The van der Waals surface area contributed by atoms with Gasteiger partial charge in [-0.25, -0.2) is 4.98 Å². The van der Waals surface area contributed by atoms with Crippen molar-refractivity contribution in [2.45, 2.75) is 13.0 Å². The molecule has 0 bridgehead atoms. The van der Waals surface area contributed by atoms with Crippen molar-refractivity contribution in [3.63, 3.8) is 0 Å². The number of piperazine rings is 1. The second-order valence-electron chi connectivity index (χ2n) is 4.46. The van der Waals surface area contributed by atoms with E-state index < -0.39 is 23.8 Å². The average Bonchev–Trinajstić information content (AvgIpc) is 2.48. The number of pyridine rings is 1. The van der Waals surface area contributed by atoms with Crippen LogP contribution in [0.3, 0.4) is 0 Å². The Balaban J connectivity index is 2.19. The first-order valence-corrected chi connectivity index (χ1v) is 6.32. The second-order valence-corrected chi connectivity index (χ2v) is 4.46. The van der Waals surface area contributed by atoms with Gasteiger partial charge >= 0.3 is 0 Å². The fourth-order valence-corrected chi connectivity index (χ4v) is 1.86. The molecule has 0 saturated carbocycles. The van der Waals surface area contributed by atoms with Gasteiger partial charge < -0.3 is 10.6 Å². The molecule has 1 aliphatic heterocycles. The Bertz CT molecular complexity index is 642. The number of nitrogens with two attached hydrogens (primary N) is 1. The standard InChI is InChI=1S/C14H14N4O3/c1-9-13(20)17-12(19)8-18(9)14(21)11-5-4-10(7-16-11)3-2-6-15/h4-5,7,9H,6,8,15H2,1H3,(H,17,19,20). The molecule has 1 aromatic rings. The molecular weight excluding hydrogens is 272 g/mol. The molecule has 1 fully saturated rings. The monoisotopic (exact) mass is 286 g/mol. The summed E-state index contributed by atoms with van der Waals surface area (Å²) in [4.78, 5) is 40.4. The normalized spacial score (nSPS) is 17.8. The van der Waals surface area contributed by atoms with E-state index in [0.717, 1.165) is 0 Å². The molecule has 7 heteroatoms. The van der Waals surface area contributed by atoms with Crippen molar-refractivity contribution in [2.75, 3.05) is 13.1 Å². The molecule has 3 amide bonds. The minimum absolute atomic E-state index is 0.155. The lowest BCUT2D eigenvalue weighted by Gasteiger charge is -2.31. The zero-order chi connectivity index (χ0) is 15.4. The zero-order valence-electron chi connectivity index (χ0n) is 11.4. The Labute approximate surface area is 121 Å². The van der Waals surface area contributed by atoms with E-state index in [-0.39, 0.29) is 18.8 Å². The Kier molecular flexibility index (Phi) is 4.30. The third-order valence-corrected chi connectivity index (χ3v) is 3.00. The molecule has 1 unspecified atom stereocenters. The summed E-state index contributed by atoms with van der Waals surface area (Å²) < 4.78 is 0. The van der Waals surface area contributed by atoms with Gasteiger partial charge in [-0.1, -0.05) is 11.8 Å². The van der Waals surface area contributed by atoms with E-state index in [2.05, 4.69) is 22.1 Å². The fourth-order valence-electron chi connectivity index (χ4n) is 1.86. The Morgan fingerprint density at radius 1 is 1.52 bits per heavy atom. The average molecular weight is 286 g/mol. The first kappa shape index (κ1) is 14.7. The second kappa shape index (κ2) is 6.15. The minimum atomic E-state index is -0.714. The number of hydrogen-bond donors (Lipinski definition) is 2. The van der Waals surface area contributed by atoms with Crippen LogP contribution >= 0.6 is 0 Å². The van der Waals surface area contributed by atoms with Gasteiger partial charge in [0.15, 0.2) is 0 Å². The van der Waals surface area contributed by atoms with Crippen molar-refractivity contribution in [2.24, 2.45) is 5.73 Å². The van der Waals surface area contributed by atoms with E-state index >= 15 is 0 Å². The van der Waals surface area contributed by atoms with Gasteiger partial charge in [0.1, 0.15) is 18.3 Å². The summed E-state index contributed by atoms with van der Waals surface area (Å²) in [5, 5.41) is 2.18. The van der Waals surface area contributed by atoms with E-state index in [9.17, 15) is 14.4 Å². The van der Waals surface area contributed by atoms with Crippen molar-refractivity contribution in [1.82, 2.24) is 15.2 Å². The molecule has 2 rings (SSSR count). The smallest absolute Gasteiger partial charge is 0.273 e. The molecule has 21 heavy (non-hydrogen) atoms. The van der Waals surface area contributed by atoms with Crippen LogP contribution in [0, 0.1) is 11.8 Å². The van der Waals surface area contributed by atoms with Gasteiger partial charge in [-0.2, -0.15) is 0 Å². The molecular formula is C14H14N4O3. The number of nitrogens with zero attached hydrogens (tertiary/aromatic N) is 2. The zero-order valence-corrected chi connectivity index (χ0v) is 11.4. The van der Waals surface area contributed by atoms with Crippen molar-refractivity contribution in [3.8, 4) is 11.8 Å². The quantitative estimate of drug-likeness (QED) is 0.502. The van der Waals surface area contributed by atoms with Crippen LogP contribution in [0.15, 0.2) is 18.3 Å². The summed E-state index contributed by atoms with van der Waals surface area (Å²) in [5.41, 5.74) is 6.06. The molecule has 1 saturated heterocycles. The number of rotatable bonds is 1. The number of amides is 3. The topological polar surface area (TPSA) is 105 Å². The summed E-state index contributed by atoms with van der Waals surface area (Å²) >= 11 is 0. The SMILES string of the molecule is CC1C(=O)NC(=O)CN1C(=O)c1ccc(C#CCN)cn1. The van der Waals surface area contributed by atoms with Crippen LogP contribution in [0.4, 0.5) is 0 Å². The third-order valence-electron chi connectivity index (χ3n) is 3.00. The van der Waals surface area contributed by atoms with Crippen LogP contribution in [0.5, 0.6) is 0 Å². The summed E-state index contributed by atoms with van der Waals surface area (Å²) in [6, 6.07) is 2.43. The first-order valence-electron chi connectivity index (χ1n) is 6.32. The number of carbonyl (C=O) groups excluding carboxylic acids is 3. The van der Waals surface area contributed by atoms with Crippen molar-refractivity contribution in [3.05, 3.63) is 29.6 Å². The molecule has 1 atom stereocenters. The molecule has 0 radical (unpaired) electrons. The summed E-state index contributed by atoms with van der Waals surface area (Å²) in [5.74, 6) is 4.01. The van der Waals surface area contributed by atoms with Gasteiger partial charge in [-0.3, -0.25) is 19.7 Å². The maximum atomic E-state index is 12.3. The Morgan fingerprint density at radius 2 is 2.29 bits per heavy atom. The van der Waals surface area contributed by atoms with Crippen LogP contribution in [-0.2, 0) is 9.59 Å². The molecule has 3 N–H and O–H groups in total. The maximum Gasteiger partial charge on any atom is 0.273 e. The molecule has 0 spiro atoms. The number of aromatic nitrogens is 1. The maximum absolute atomic E-state index is 12.3. The predicted octanol–water partition coefficient (Wildman–Crippen LogP) is -1.12. The molecule has 1 aliphatic rings. The molecule has 0 aliphatic carbocycles. The molecule has 1 aromatic heterocycles. The Hall–Kier alpha value is -2.72. The van der Waals surface area contributed by atoms with Crippen molar-refractivity contribution >= 4 is 17.7 Å². The summed E-state index contributed by atoms with van der Waals surface area (Å²) in [6.45, 7) is 1.63. The van der Waals surface area contributed by atoms with E-state index in [0.29, 0.717) is 5.56 Å². The first-order chi connectivity index (χ1) is 10.0. The molecule has 108 valence electrons. The van der Waals surface area contributed by atoms with Gasteiger partial charge in [0.2, 0.25) is 11.8 Å². The largest absolute Gasteiger partial charge is 0.320 e. The molecule has 7 nitrogen and oxygen atoms in total. The summed E-state index contributed by atoms with van der Waals surface area (Å²) in [6.07, 6.45) is 1.45. The fraction of sp³-hybridized carbons (Fsp3) is 0.286. The predicted molar refractivity (Wildman–Crippen MR) is 73.8 cm³/mol. The van der Waals surface area contributed by atoms with Crippen LogP contribution in [-0.4, -0.2) is 46.7 Å². The van der Waals surface area contributed by atoms with Crippen LogP contribution in [0.1, 0.15) is 23.0 Å². The number of imide groups is 1. The molecule has 0 aromatic carbocycles. The van der Waals surface area contributed by atoms with Crippen molar-refractivity contribution in [1.29, 1.82) is 0 Å². The van der Waals surface area contributed by atoms with E-state index in [1.54, 1.807) is 13.0 Å². The lowest BCUT2D eigenvalue weighted by molar-refractivity contribution is -0.138. The third kappa shape index (κ3) is 3.24. The number of carbonyl (C=O) groups is 3. The van der Waals surface area contributed by atoms with E-state index in [1.807, 2.05) is 0 Å². The van der Waals surface area contributed by atoms with Crippen LogP contribution < -0.4 is 11.1 Å². The van der Waals surface area contributed by atoms with Gasteiger partial charge in [-0.15, -0.1) is 0 Å². The highest BCUT2D eigenvalue weighted by Crippen LogP contribution is 2.10. The lowest BCUT2D eigenvalue weighted by atomic mass is 10.1. The van der Waals surface area contributed by atoms with Gasteiger partial charge in [-0.05, 0) is 19.1 Å². The number of nitrogens with one attached hydrogen (secondary N) is 1. The lowest BCUT2D eigenvalue weighted by Crippen LogP contribution is -2.58. The minimum Gasteiger partial charge on any atom is -0.320 e. The Morgan fingerprint density at radius 3 is 2.90 bits per heavy atom. The van der Waals surface area contributed by atoms with Crippen molar-refractivity contribution < 1.29 is 14.4 Å². The van der Waals surface area contributed by atoms with Gasteiger partial charge in [0.25, 0.3) is 5.91 Å². The van der Waals surface area contributed by atoms with Crippen LogP contribution in [0.2, 0.25) is 0 Å². The van der Waals surface area contributed by atoms with Crippen LogP contribution in [0.25, 0.3) is 0 Å². The summed E-state index contributed by atoms with van der Waals surface area (Å²) in [7, 11) is 0. The highest BCUT2D eigenvalue weighted by atomic mass is 16.2. The van der Waals surface area contributed by atoms with E-state index in [4.69, 9.17) is 5.73 Å². The highest BCUT2D eigenvalue weighted by molar-refractivity contribution is 6.06. The van der Waals surface area contributed by atoms with Gasteiger partial charge in [0.05, 0.1) is 6.54 Å². The highest BCUT2D eigenvalue weighted by Gasteiger charge is 2.34. The molecule has 2 heterocycles. The number of hydrogen-bond acceptors (Lipinski definition) is 5. The van der Waals surface area contributed by atoms with E-state index in [1.165, 1.54) is 17.2 Å².